The Morgan fingerprint density at radius 1 is 1.32 bits per heavy atom. The molecule has 0 fully saturated rings. The maximum absolute atomic E-state index is 13.7. The number of halogens is 1. The number of nitrogens with one attached hydrogen (secondary N) is 1. The van der Waals surface area contributed by atoms with E-state index in [0.717, 1.165) is 5.69 Å². The first-order chi connectivity index (χ1) is 9.10. The van der Waals surface area contributed by atoms with Crippen molar-refractivity contribution in [3.8, 4) is 5.75 Å². The number of rotatable bonds is 5. The molecule has 19 heavy (non-hydrogen) atoms. The molecule has 1 unspecified atom stereocenters. The monoisotopic (exact) mass is 279 g/mol. The Kier molecular flexibility index (Phi) is 4.43. The predicted octanol–water partition coefficient (Wildman–Crippen LogP) is 4.77. The van der Waals surface area contributed by atoms with Gasteiger partial charge in [0.25, 0.3) is 0 Å². The molecule has 102 valence electrons. The van der Waals surface area contributed by atoms with Crippen LogP contribution >= 0.6 is 11.3 Å². The highest BCUT2D eigenvalue weighted by molar-refractivity contribution is 7.12. The maximum atomic E-state index is 13.7. The minimum Gasteiger partial charge on any atom is -0.491 e. The Hall–Kier alpha value is -1.55. The molecule has 0 aliphatic carbocycles. The van der Waals surface area contributed by atoms with Crippen molar-refractivity contribution in [2.75, 3.05) is 11.9 Å². The van der Waals surface area contributed by atoms with E-state index in [-0.39, 0.29) is 11.9 Å². The number of benzene rings is 1. The summed E-state index contributed by atoms with van der Waals surface area (Å²) in [5, 5.41) is 3.30. The zero-order chi connectivity index (χ0) is 13.8. The first-order valence-corrected chi connectivity index (χ1v) is 7.17. The van der Waals surface area contributed by atoms with Gasteiger partial charge in [-0.3, -0.25) is 0 Å². The van der Waals surface area contributed by atoms with E-state index in [1.165, 1.54) is 15.8 Å². The number of hydrogen-bond donors (Lipinski definition) is 1. The van der Waals surface area contributed by atoms with Crippen molar-refractivity contribution in [3.63, 3.8) is 0 Å². The summed E-state index contributed by atoms with van der Waals surface area (Å²) in [7, 11) is 0. The molecule has 0 aliphatic rings. The molecule has 2 nitrogen and oxygen atoms in total. The fourth-order valence-electron chi connectivity index (χ4n) is 1.87. The van der Waals surface area contributed by atoms with E-state index in [4.69, 9.17) is 4.74 Å². The van der Waals surface area contributed by atoms with E-state index in [1.807, 2.05) is 13.0 Å². The van der Waals surface area contributed by atoms with Crippen LogP contribution in [0.5, 0.6) is 5.75 Å². The number of ether oxygens (including phenoxy) is 1. The van der Waals surface area contributed by atoms with Gasteiger partial charge in [0.15, 0.2) is 11.6 Å². The van der Waals surface area contributed by atoms with Crippen LogP contribution in [0.3, 0.4) is 0 Å². The van der Waals surface area contributed by atoms with Crippen molar-refractivity contribution in [2.24, 2.45) is 0 Å². The van der Waals surface area contributed by atoms with Gasteiger partial charge in [-0.25, -0.2) is 4.39 Å². The van der Waals surface area contributed by atoms with E-state index in [9.17, 15) is 4.39 Å². The quantitative estimate of drug-likeness (QED) is 0.851. The zero-order valence-corrected chi connectivity index (χ0v) is 12.2. The first kappa shape index (κ1) is 13.9. The molecule has 1 aromatic carbocycles. The molecule has 1 atom stereocenters. The molecule has 2 rings (SSSR count). The van der Waals surface area contributed by atoms with Gasteiger partial charge in [0.2, 0.25) is 0 Å². The third-order valence-corrected chi connectivity index (χ3v) is 3.99. The van der Waals surface area contributed by atoms with Crippen LogP contribution in [0.15, 0.2) is 30.3 Å². The van der Waals surface area contributed by atoms with Crippen LogP contribution in [-0.2, 0) is 0 Å². The Labute approximate surface area is 117 Å². The molecule has 0 saturated heterocycles. The highest BCUT2D eigenvalue weighted by Crippen LogP contribution is 2.27. The molecule has 4 heteroatoms. The van der Waals surface area contributed by atoms with Crippen molar-refractivity contribution in [3.05, 3.63) is 45.9 Å². The maximum Gasteiger partial charge on any atom is 0.167 e. The van der Waals surface area contributed by atoms with Gasteiger partial charge in [0.1, 0.15) is 0 Å². The SMILES string of the molecule is CCOc1ccc(NC(C)c2ccc(C)s2)cc1F. The van der Waals surface area contributed by atoms with Crippen molar-refractivity contribution < 1.29 is 9.13 Å². The molecule has 1 aromatic heterocycles. The lowest BCUT2D eigenvalue weighted by molar-refractivity contribution is 0.321. The van der Waals surface area contributed by atoms with Crippen molar-refractivity contribution >= 4 is 17.0 Å². The molecule has 0 radical (unpaired) electrons. The molecule has 0 saturated carbocycles. The average Bonchev–Trinajstić information content (AvgIpc) is 2.80. The summed E-state index contributed by atoms with van der Waals surface area (Å²) >= 11 is 1.75. The van der Waals surface area contributed by atoms with E-state index in [0.29, 0.717) is 12.4 Å². The van der Waals surface area contributed by atoms with Crippen molar-refractivity contribution in [1.29, 1.82) is 0 Å². The van der Waals surface area contributed by atoms with E-state index in [1.54, 1.807) is 17.4 Å². The summed E-state index contributed by atoms with van der Waals surface area (Å²) in [5.74, 6) is -0.0333. The van der Waals surface area contributed by atoms with Gasteiger partial charge >= 0.3 is 0 Å². The number of hydrogen-bond acceptors (Lipinski definition) is 3. The van der Waals surface area contributed by atoms with Gasteiger partial charge in [-0.1, -0.05) is 0 Å². The Balaban J connectivity index is 2.09. The number of aryl methyl sites for hydroxylation is 1. The molecular weight excluding hydrogens is 261 g/mol. The van der Waals surface area contributed by atoms with Crippen LogP contribution < -0.4 is 10.1 Å². The second-order valence-electron chi connectivity index (χ2n) is 4.39. The molecular formula is C15H18FNOS. The minimum atomic E-state index is -0.332. The van der Waals surface area contributed by atoms with Crippen molar-refractivity contribution in [2.45, 2.75) is 26.8 Å². The smallest absolute Gasteiger partial charge is 0.167 e. The molecule has 0 amide bonds. The summed E-state index contributed by atoms with van der Waals surface area (Å²) in [6.07, 6.45) is 0. The van der Waals surface area contributed by atoms with Gasteiger partial charge in [0.05, 0.1) is 12.6 Å². The second kappa shape index (κ2) is 6.06. The molecule has 1 heterocycles. The molecule has 0 spiro atoms. The van der Waals surface area contributed by atoms with Crippen LogP contribution in [0.4, 0.5) is 10.1 Å². The van der Waals surface area contributed by atoms with Crippen LogP contribution in [0.2, 0.25) is 0 Å². The second-order valence-corrected chi connectivity index (χ2v) is 5.71. The lowest BCUT2D eigenvalue weighted by Crippen LogP contribution is -2.05. The summed E-state index contributed by atoms with van der Waals surface area (Å²) < 4.78 is 18.9. The van der Waals surface area contributed by atoms with Crippen LogP contribution in [-0.4, -0.2) is 6.61 Å². The largest absolute Gasteiger partial charge is 0.491 e. The van der Waals surface area contributed by atoms with Gasteiger partial charge in [-0.2, -0.15) is 0 Å². The topological polar surface area (TPSA) is 21.3 Å². The summed E-state index contributed by atoms with van der Waals surface area (Å²) in [4.78, 5) is 2.52. The highest BCUT2D eigenvalue weighted by Gasteiger charge is 2.09. The Bertz CT molecular complexity index is 553. The molecule has 1 N–H and O–H groups in total. The van der Waals surface area contributed by atoms with Gasteiger partial charge in [-0.15, -0.1) is 11.3 Å². The van der Waals surface area contributed by atoms with Crippen LogP contribution in [0, 0.1) is 12.7 Å². The van der Waals surface area contributed by atoms with E-state index < -0.39 is 0 Å². The Morgan fingerprint density at radius 2 is 2.11 bits per heavy atom. The lowest BCUT2D eigenvalue weighted by atomic mass is 10.2. The number of thiophene rings is 1. The molecule has 0 bridgehead atoms. The Morgan fingerprint density at radius 3 is 2.68 bits per heavy atom. The van der Waals surface area contributed by atoms with Gasteiger partial charge in [0, 0.05) is 21.5 Å². The summed E-state index contributed by atoms with van der Waals surface area (Å²) in [6.45, 7) is 6.46. The molecule has 0 aliphatic heterocycles. The highest BCUT2D eigenvalue weighted by atomic mass is 32.1. The first-order valence-electron chi connectivity index (χ1n) is 6.35. The molecule has 2 aromatic rings. The standard InChI is InChI=1S/C15H18FNOS/c1-4-18-14-7-6-12(9-13(14)16)17-11(3)15-8-5-10(2)19-15/h5-9,11,17H,4H2,1-3H3. The van der Waals surface area contributed by atoms with Gasteiger partial charge < -0.3 is 10.1 Å². The minimum absolute atomic E-state index is 0.163. The third-order valence-electron chi connectivity index (χ3n) is 2.80. The fourth-order valence-corrected chi connectivity index (χ4v) is 2.75. The van der Waals surface area contributed by atoms with E-state index in [2.05, 4.69) is 31.3 Å². The van der Waals surface area contributed by atoms with Crippen LogP contribution in [0.25, 0.3) is 0 Å². The fraction of sp³-hybridized carbons (Fsp3) is 0.333. The van der Waals surface area contributed by atoms with E-state index >= 15 is 0 Å². The third kappa shape index (κ3) is 3.47. The van der Waals surface area contributed by atoms with Gasteiger partial charge in [-0.05, 0) is 45.0 Å². The lowest BCUT2D eigenvalue weighted by Gasteiger charge is -2.14. The predicted molar refractivity (Wildman–Crippen MR) is 78.7 cm³/mol. The summed E-state index contributed by atoms with van der Waals surface area (Å²) in [5.41, 5.74) is 0.763. The zero-order valence-electron chi connectivity index (χ0n) is 11.4. The van der Waals surface area contributed by atoms with Crippen molar-refractivity contribution in [1.82, 2.24) is 0 Å². The normalized spacial score (nSPS) is 12.2. The van der Waals surface area contributed by atoms with Crippen LogP contribution in [0.1, 0.15) is 29.6 Å². The average molecular weight is 279 g/mol. The number of anilines is 1. The summed E-state index contributed by atoms with van der Waals surface area (Å²) in [6, 6.07) is 9.33.